The number of likely N-dealkylation sites (tertiary alicyclic amines) is 1. The van der Waals surface area contributed by atoms with Crippen molar-refractivity contribution in [2.45, 2.75) is 173 Å². The first-order valence-corrected chi connectivity index (χ1v) is 25.6. The van der Waals surface area contributed by atoms with E-state index in [4.69, 9.17) is 14.5 Å². The number of nitrogens with one attached hydrogen (secondary N) is 4. The Kier molecular flexibility index (Phi) is 18.4. The minimum absolute atomic E-state index is 0.0261. The summed E-state index contributed by atoms with van der Waals surface area (Å²) >= 11 is 1.42. The Morgan fingerprint density at radius 2 is 1.69 bits per heavy atom. The molecule has 2 aliphatic carbocycles. The van der Waals surface area contributed by atoms with Crippen LogP contribution in [0.25, 0.3) is 0 Å². The van der Waals surface area contributed by atoms with Crippen molar-refractivity contribution in [3.8, 4) is 5.75 Å². The van der Waals surface area contributed by atoms with Crippen molar-refractivity contribution in [2.24, 2.45) is 5.92 Å². The second kappa shape index (κ2) is 25.0. The average Bonchev–Trinajstić information content (AvgIpc) is 4.19. The van der Waals surface area contributed by atoms with E-state index in [0.717, 1.165) is 107 Å². The number of hydrogen-bond donors (Lipinski definition) is 4. The Morgan fingerprint density at radius 3 is 2.46 bits per heavy atom. The van der Waals surface area contributed by atoms with Crippen LogP contribution in [0.2, 0.25) is 0 Å². The monoisotopic (exact) mass is 940 g/mol. The number of amides is 4. The third-order valence-corrected chi connectivity index (χ3v) is 14.3. The van der Waals surface area contributed by atoms with Gasteiger partial charge in [0.05, 0.1) is 24.4 Å². The molecule has 7 rings (SSSR count). The highest BCUT2D eigenvalue weighted by atomic mass is 32.1. The van der Waals surface area contributed by atoms with Crippen LogP contribution in [-0.2, 0) is 20.9 Å². The molecule has 1 aromatic carbocycles. The second-order valence-corrected chi connectivity index (χ2v) is 19.7. The average molecular weight is 940 g/mol. The maximum atomic E-state index is 13.8. The molecule has 0 radical (unpaired) electrons. The zero-order valence-corrected chi connectivity index (χ0v) is 40.0. The first-order chi connectivity index (χ1) is 32.6. The molecule has 67 heavy (non-hydrogen) atoms. The zero-order valence-electron chi connectivity index (χ0n) is 39.2. The van der Waals surface area contributed by atoms with Crippen molar-refractivity contribution in [1.82, 2.24) is 40.5 Å². The number of aryl methyl sites for hydroxylation is 1. The maximum Gasteiger partial charge on any atom is 0.407 e. The lowest BCUT2D eigenvalue weighted by Crippen LogP contribution is -2.50. The number of ether oxygens (including phenoxy) is 2. The van der Waals surface area contributed by atoms with Crippen LogP contribution in [0, 0.1) is 5.92 Å². The van der Waals surface area contributed by atoms with E-state index in [1.807, 2.05) is 41.6 Å². The van der Waals surface area contributed by atoms with Crippen LogP contribution >= 0.6 is 11.3 Å². The van der Waals surface area contributed by atoms with Crippen LogP contribution in [0.5, 0.6) is 5.75 Å². The number of unbranched alkanes of at least 4 members (excludes halogenated alkanes) is 8. The van der Waals surface area contributed by atoms with E-state index < -0.39 is 6.04 Å². The minimum atomic E-state index is -0.511. The summed E-state index contributed by atoms with van der Waals surface area (Å²) in [6.07, 6.45) is 22.8. The summed E-state index contributed by atoms with van der Waals surface area (Å²) in [7, 11) is 0. The van der Waals surface area contributed by atoms with Crippen molar-refractivity contribution in [3.05, 3.63) is 75.6 Å². The predicted molar refractivity (Wildman–Crippen MR) is 256 cm³/mol. The molecule has 17 heteroatoms. The normalized spacial score (nSPS) is 19.0. The number of hydrogen-bond acceptors (Lipinski definition) is 11. The number of aromatic nitrogens is 5. The molecule has 1 aliphatic heterocycles. The van der Waals surface area contributed by atoms with E-state index in [2.05, 4.69) is 31.2 Å². The molecule has 3 aromatic heterocycles. The number of H-pyrrole nitrogens is 1. The number of carbonyl (C=O) groups excluding carboxylic acids is 5. The molecule has 4 N–H and O–H groups in total. The van der Waals surface area contributed by atoms with Crippen LogP contribution in [-0.4, -0.2) is 91.3 Å². The Bertz CT molecular complexity index is 2230. The highest BCUT2D eigenvalue weighted by Gasteiger charge is 2.39. The summed E-state index contributed by atoms with van der Waals surface area (Å²) in [5, 5.41) is 22.7. The van der Waals surface area contributed by atoms with Gasteiger partial charge in [0.2, 0.25) is 18.1 Å². The van der Waals surface area contributed by atoms with E-state index in [9.17, 15) is 24.0 Å². The molecule has 3 aliphatic rings. The fraction of sp³-hybridized carbons (Fsp3) is 0.600. The number of carbonyl (C=O) groups is 5. The van der Waals surface area contributed by atoms with Gasteiger partial charge in [0.1, 0.15) is 28.6 Å². The van der Waals surface area contributed by atoms with Gasteiger partial charge in [-0.25, -0.2) is 9.78 Å². The lowest BCUT2D eigenvalue weighted by Gasteiger charge is -2.33. The summed E-state index contributed by atoms with van der Waals surface area (Å²) in [6, 6.07) is 8.47. The van der Waals surface area contributed by atoms with E-state index >= 15 is 0 Å². The van der Waals surface area contributed by atoms with Gasteiger partial charge >= 0.3 is 6.09 Å². The van der Waals surface area contributed by atoms with Crippen LogP contribution < -0.4 is 20.7 Å². The molecule has 4 aromatic rings. The number of ketones is 1. The summed E-state index contributed by atoms with van der Waals surface area (Å²) < 4.78 is 13.4. The minimum Gasteiger partial charge on any atom is -0.494 e. The van der Waals surface area contributed by atoms with E-state index in [-0.39, 0.29) is 53.7 Å². The molecule has 4 amide bonds. The standard InChI is InChI=1S/C50H69N9O7S/c1-34(2)53-50(64)66-40-23-22-36(27-40)41-29-44(57-56-41)55-47(62)38-30-52-58(31-38)24-13-8-6-4-3-5-7-9-14-26-65-39-20-15-19-37(28-39)46(61)42-32-67-48(54-42)43-21-16-25-59(43)49(63)45(51-33-60)35-17-11-10-12-18-35/h15,19-20,28-36,40,43,45H,3-14,16-18,21-27H2,1-2H3,(H,51,60)(H,53,64)(H2,55,56,57,62). The van der Waals surface area contributed by atoms with E-state index in [1.54, 1.807) is 29.9 Å². The van der Waals surface area contributed by atoms with Gasteiger partial charge in [-0.15, -0.1) is 11.3 Å². The second-order valence-electron chi connectivity index (χ2n) is 18.8. The van der Waals surface area contributed by atoms with Gasteiger partial charge in [0, 0.05) is 53.9 Å². The molecule has 0 bridgehead atoms. The maximum absolute atomic E-state index is 13.8. The number of aromatic amines is 1. The van der Waals surface area contributed by atoms with Crippen molar-refractivity contribution in [2.75, 3.05) is 18.5 Å². The van der Waals surface area contributed by atoms with Crippen molar-refractivity contribution >= 4 is 47.3 Å². The zero-order chi connectivity index (χ0) is 47.0. The number of rotatable bonds is 25. The van der Waals surface area contributed by atoms with Gasteiger partial charge in [-0.05, 0) is 89.7 Å². The Labute approximate surface area is 398 Å². The molecule has 16 nitrogen and oxygen atoms in total. The first kappa shape index (κ1) is 49.3. The molecule has 3 fully saturated rings. The molecule has 1 saturated heterocycles. The molecule has 4 atom stereocenters. The number of alkyl carbamates (subject to hydrolysis) is 1. The SMILES string of the molecule is CC(C)NC(=O)OC1CCC(c2cc(NC(=O)c3cnn(CCCCCCCCCCCOc4cccc(C(=O)c5csc(C6CCCN6C(=O)C(NC=O)C6CCCCC6)n5)c4)c3)n[nH]2)C1. The summed E-state index contributed by atoms with van der Waals surface area (Å²) in [5.74, 6) is 1.01. The van der Waals surface area contributed by atoms with Crippen molar-refractivity contribution < 1.29 is 33.4 Å². The summed E-state index contributed by atoms with van der Waals surface area (Å²) in [4.78, 5) is 70.3. The Morgan fingerprint density at radius 1 is 0.910 bits per heavy atom. The van der Waals surface area contributed by atoms with Gasteiger partial charge in [0.25, 0.3) is 5.91 Å². The molecule has 2 saturated carbocycles. The highest BCUT2D eigenvalue weighted by Crippen LogP contribution is 2.38. The highest BCUT2D eigenvalue weighted by molar-refractivity contribution is 7.10. The topological polar surface area (TPSA) is 203 Å². The fourth-order valence-corrected chi connectivity index (χ4v) is 10.7. The molecule has 4 heterocycles. The van der Waals surface area contributed by atoms with Gasteiger partial charge < -0.3 is 30.3 Å². The third kappa shape index (κ3) is 14.2. The molecular weight excluding hydrogens is 871 g/mol. The lowest BCUT2D eigenvalue weighted by atomic mass is 9.83. The summed E-state index contributed by atoms with van der Waals surface area (Å²) in [5.41, 5.74) is 2.31. The van der Waals surface area contributed by atoms with Crippen molar-refractivity contribution in [3.63, 3.8) is 0 Å². The number of benzene rings is 1. The molecule has 0 spiro atoms. The van der Waals surface area contributed by atoms with Crippen LogP contribution in [0.4, 0.5) is 10.6 Å². The fourth-order valence-electron chi connectivity index (χ4n) is 9.79. The Hall–Kier alpha value is -5.58. The van der Waals surface area contributed by atoms with Gasteiger partial charge in [-0.1, -0.05) is 76.3 Å². The number of anilines is 1. The predicted octanol–water partition coefficient (Wildman–Crippen LogP) is 9.27. The van der Waals surface area contributed by atoms with E-state index in [0.29, 0.717) is 54.4 Å². The molecule has 362 valence electrons. The van der Waals surface area contributed by atoms with Gasteiger partial charge in [0.15, 0.2) is 5.82 Å². The largest absolute Gasteiger partial charge is 0.494 e. The van der Waals surface area contributed by atoms with Crippen LogP contribution in [0.1, 0.15) is 185 Å². The molecule has 4 unspecified atom stereocenters. The lowest BCUT2D eigenvalue weighted by molar-refractivity contribution is -0.137. The third-order valence-electron chi connectivity index (χ3n) is 13.3. The smallest absolute Gasteiger partial charge is 0.407 e. The number of nitrogens with zero attached hydrogens (tertiary/aromatic N) is 5. The quantitative estimate of drug-likeness (QED) is 0.0282. The Balaban J connectivity index is 0.727. The van der Waals surface area contributed by atoms with Gasteiger partial charge in [-0.3, -0.25) is 29.0 Å². The number of thiazole rings is 1. The van der Waals surface area contributed by atoms with Crippen molar-refractivity contribution in [1.29, 1.82) is 0 Å². The summed E-state index contributed by atoms with van der Waals surface area (Å²) in [6.45, 7) is 5.76. The van der Waals surface area contributed by atoms with Crippen LogP contribution in [0.3, 0.4) is 0 Å². The van der Waals surface area contributed by atoms with Gasteiger partial charge in [-0.2, -0.15) is 10.2 Å². The van der Waals surface area contributed by atoms with Crippen LogP contribution in [0.15, 0.2) is 48.1 Å². The molecular formula is C50H69N9O7S. The van der Waals surface area contributed by atoms with E-state index in [1.165, 1.54) is 37.0 Å². The first-order valence-electron chi connectivity index (χ1n) is 24.7.